The lowest BCUT2D eigenvalue weighted by Gasteiger charge is -2.16. The van der Waals surface area contributed by atoms with E-state index in [0.717, 1.165) is 18.4 Å². The van der Waals surface area contributed by atoms with Gasteiger partial charge in [0.05, 0.1) is 17.2 Å². The lowest BCUT2D eigenvalue weighted by Crippen LogP contribution is -2.33. The molecule has 0 saturated carbocycles. The Morgan fingerprint density at radius 2 is 2.00 bits per heavy atom. The minimum Gasteiger partial charge on any atom is -0.286 e. The molecule has 0 radical (unpaired) electrons. The fourth-order valence-electron chi connectivity index (χ4n) is 2.39. The van der Waals surface area contributed by atoms with Gasteiger partial charge >= 0.3 is 0 Å². The van der Waals surface area contributed by atoms with Crippen molar-refractivity contribution in [2.75, 3.05) is 12.3 Å². The third-order valence-electron chi connectivity index (χ3n) is 3.79. The third kappa shape index (κ3) is 4.42. The van der Waals surface area contributed by atoms with E-state index in [1.165, 1.54) is 12.1 Å². The molecule has 1 aromatic carbocycles. The quantitative estimate of drug-likeness (QED) is 0.495. The van der Waals surface area contributed by atoms with Crippen LogP contribution in [0.2, 0.25) is 0 Å². The number of amides is 1. The molecule has 1 atom stereocenters. The van der Waals surface area contributed by atoms with Gasteiger partial charge in [-0.25, -0.2) is 13.5 Å². The average molecular weight is 323 g/mol. The highest BCUT2D eigenvalue weighted by Gasteiger charge is 2.21. The number of allylic oxidation sites excluding steroid dienone is 2. The number of hydrogen-bond acceptors (Lipinski definition) is 4. The molecule has 1 aliphatic rings. The molecular weight excluding hydrogens is 302 g/mol. The predicted octanol–water partition coefficient (Wildman–Crippen LogP) is 2.34. The maximum absolute atomic E-state index is 12.2. The van der Waals surface area contributed by atoms with Gasteiger partial charge in [-0.3, -0.25) is 10.0 Å². The summed E-state index contributed by atoms with van der Waals surface area (Å²) in [6.07, 6.45) is 6.06. The van der Waals surface area contributed by atoms with Crippen LogP contribution in [0.3, 0.4) is 0 Å². The molecule has 0 aromatic heterocycles. The molecule has 0 fully saturated rings. The van der Waals surface area contributed by atoms with Gasteiger partial charge in [-0.1, -0.05) is 29.8 Å². The summed E-state index contributed by atoms with van der Waals surface area (Å²) in [5.41, 5.74) is 0.975. The first-order chi connectivity index (χ1) is 10.4. The standard InChI is InChI=1S/C16H21NO4S/c1-13-6-8-15(9-7-13)22(20,21)11-10-17(19)16(18)12-14-4-2-3-5-14/h2,4,6-9,14,19H,3,5,10-12H2,1H3. The molecule has 1 aliphatic carbocycles. The maximum Gasteiger partial charge on any atom is 0.246 e. The summed E-state index contributed by atoms with van der Waals surface area (Å²) in [4.78, 5) is 12.1. The Morgan fingerprint density at radius 1 is 1.32 bits per heavy atom. The Labute approximate surface area is 131 Å². The van der Waals surface area contributed by atoms with Crippen molar-refractivity contribution in [3.05, 3.63) is 42.0 Å². The molecule has 0 saturated heterocycles. The first-order valence-corrected chi connectivity index (χ1v) is 8.99. The SMILES string of the molecule is Cc1ccc(S(=O)(=O)CCN(O)C(=O)CC2C=CCC2)cc1. The fraction of sp³-hybridized carbons (Fsp3) is 0.438. The molecule has 1 unspecified atom stereocenters. The van der Waals surface area contributed by atoms with Crippen LogP contribution in [0, 0.1) is 12.8 Å². The van der Waals surface area contributed by atoms with Crippen molar-refractivity contribution in [2.24, 2.45) is 5.92 Å². The highest BCUT2D eigenvalue weighted by molar-refractivity contribution is 7.91. The molecule has 6 heteroatoms. The number of hydrogen-bond donors (Lipinski definition) is 1. The smallest absolute Gasteiger partial charge is 0.246 e. The van der Waals surface area contributed by atoms with E-state index in [2.05, 4.69) is 0 Å². The normalized spacial score (nSPS) is 17.6. The monoisotopic (exact) mass is 323 g/mol. The number of nitrogens with zero attached hydrogens (tertiary/aromatic N) is 1. The van der Waals surface area contributed by atoms with E-state index in [0.29, 0.717) is 5.06 Å². The molecule has 22 heavy (non-hydrogen) atoms. The summed E-state index contributed by atoms with van der Waals surface area (Å²) < 4.78 is 24.3. The zero-order valence-corrected chi connectivity index (χ0v) is 13.4. The van der Waals surface area contributed by atoms with E-state index in [1.807, 2.05) is 19.1 Å². The highest BCUT2D eigenvalue weighted by atomic mass is 32.2. The maximum atomic E-state index is 12.2. The van der Waals surface area contributed by atoms with Crippen molar-refractivity contribution in [1.29, 1.82) is 0 Å². The number of aryl methyl sites for hydroxylation is 1. The molecule has 120 valence electrons. The second kappa shape index (κ2) is 7.07. The van der Waals surface area contributed by atoms with Crippen LogP contribution in [-0.4, -0.2) is 36.9 Å². The van der Waals surface area contributed by atoms with Crippen molar-refractivity contribution in [3.63, 3.8) is 0 Å². The lowest BCUT2D eigenvalue weighted by atomic mass is 10.1. The number of carbonyl (C=O) groups excluding carboxylic acids is 1. The van der Waals surface area contributed by atoms with Gasteiger partial charge in [-0.2, -0.15) is 0 Å². The van der Waals surface area contributed by atoms with Crippen molar-refractivity contribution < 1.29 is 18.4 Å². The minimum atomic E-state index is -3.50. The second-order valence-electron chi connectivity index (χ2n) is 5.62. The molecule has 2 rings (SSSR count). The fourth-order valence-corrected chi connectivity index (χ4v) is 3.59. The van der Waals surface area contributed by atoms with Crippen molar-refractivity contribution in [3.8, 4) is 0 Å². The Morgan fingerprint density at radius 3 is 2.59 bits per heavy atom. The topological polar surface area (TPSA) is 74.7 Å². The number of carbonyl (C=O) groups is 1. The van der Waals surface area contributed by atoms with Gasteiger partial charge in [0.15, 0.2) is 9.84 Å². The number of hydroxylamine groups is 2. The van der Waals surface area contributed by atoms with E-state index in [1.54, 1.807) is 12.1 Å². The predicted molar refractivity (Wildman–Crippen MR) is 83.2 cm³/mol. The van der Waals surface area contributed by atoms with E-state index in [-0.39, 0.29) is 29.5 Å². The summed E-state index contributed by atoms with van der Waals surface area (Å²) in [6, 6.07) is 6.53. The first-order valence-electron chi connectivity index (χ1n) is 7.34. The van der Waals surface area contributed by atoms with Crippen LogP contribution in [0.4, 0.5) is 0 Å². The Bertz CT molecular complexity index is 649. The van der Waals surface area contributed by atoms with Gasteiger partial charge in [0.1, 0.15) is 0 Å². The second-order valence-corrected chi connectivity index (χ2v) is 7.73. The number of benzene rings is 1. The van der Waals surface area contributed by atoms with Gasteiger partial charge in [0.25, 0.3) is 0 Å². The molecule has 0 aliphatic heterocycles. The lowest BCUT2D eigenvalue weighted by molar-refractivity contribution is -0.164. The summed E-state index contributed by atoms with van der Waals surface area (Å²) in [7, 11) is -3.50. The van der Waals surface area contributed by atoms with Crippen LogP contribution in [0.1, 0.15) is 24.8 Å². The van der Waals surface area contributed by atoms with E-state index < -0.39 is 15.7 Å². The van der Waals surface area contributed by atoms with E-state index in [4.69, 9.17) is 0 Å². The third-order valence-corrected chi connectivity index (χ3v) is 5.50. The average Bonchev–Trinajstić information content (AvgIpc) is 2.98. The van der Waals surface area contributed by atoms with E-state index >= 15 is 0 Å². The molecule has 1 N–H and O–H groups in total. The van der Waals surface area contributed by atoms with Crippen LogP contribution in [0.15, 0.2) is 41.3 Å². The molecule has 0 bridgehead atoms. The summed E-state index contributed by atoms with van der Waals surface area (Å²) in [5.74, 6) is -0.578. The summed E-state index contributed by atoms with van der Waals surface area (Å²) in [5, 5.41) is 10.3. The molecule has 5 nitrogen and oxygen atoms in total. The zero-order chi connectivity index (χ0) is 16.2. The Kier molecular flexibility index (Phi) is 5.37. The van der Waals surface area contributed by atoms with Gasteiger partial charge in [0, 0.05) is 6.42 Å². The molecule has 1 aromatic rings. The van der Waals surface area contributed by atoms with Crippen LogP contribution < -0.4 is 0 Å². The van der Waals surface area contributed by atoms with Crippen molar-refractivity contribution >= 4 is 15.7 Å². The molecule has 0 heterocycles. The summed E-state index contributed by atoms with van der Waals surface area (Å²) in [6.45, 7) is 1.66. The van der Waals surface area contributed by atoms with Crippen LogP contribution in [0.5, 0.6) is 0 Å². The highest BCUT2D eigenvalue weighted by Crippen LogP contribution is 2.21. The zero-order valence-electron chi connectivity index (χ0n) is 12.6. The number of rotatable bonds is 6. The van der Waals surface area contributed by atoms with Crippen LogP contribution >= 0.6 is 0 Å². The molecular formula is C16H21NO4S. The van der Waals surface area contributed by atoms with Gasteiger partial charge in [-0.05, 0) is 37.8 Å². The molecule has 0 spiro atoms. The Balaban J connectivity index is 1.89. The van der Waals surface area contributed by atoms with Gasteiger partial charge < -0.3 is 0 Å². The molecule has 1 amide bonds. The van der Waals surface area contributed by atoms with Crippen LogP contribution in [0.25, 0.3) is 0 Å². The van der Waals surface area contributed by atoms with Gasteiger partial charge in [-0.15, -0.1) is 0 Å². The Hall–Kier alpha value is -1.66. The van der Waals surface area contributed by atoms with Gasteiger partial charge in [0.2, 0.25) is 5.91 Å². The minimum absolute atomic E-state index is 0.149. The largest absolute Gasteiger partial charge is 0.286 e. The van der Waals surface area contributed by atoms with Crippen molar-refractivity contribution in [1.82, 2.24) is 5.06 Å². The van der Waals surface area contributed by atoms with Crippen molar-refractivity contribution in [2.45, 2.75) is 31.1 Å². The first kappa shape index (κ1) is 16.7. The van der Waals surface area contributed by atoms with Crippen LogP contribution in [-0.2, 0) is 14.6 Å². The number of sulfone groups is 1. The summed E-state index contributed by atoms with van der Waals surface area (Å²) >= 11 is 0. The van der Waals surface area contributed by atoms with E-state index in [9.17, 15) is 18.4 Å².